The Hall–Kier alpha value is -1.93. The molecule has 3 N–H and O–H groups in total. The van der Waals surface area contributed by atoms with Crippen LogP contribution in [-0.2, 0) is 19.1 Å². The Labute approximate surface area is 148 Å². The summed E-state index contributed by atoms with van der Waals surface area (Å²) < 4.78 is 6.36. The van der Waals surface area contributed by atoms with E-state index in [2.05, 4.69) is 27.3 Å². The van der Waals surface area contributed by atoms with Gasteiger partial charge in [0.2, 0.25) is 0 Å². The summed E-state index contributed by atoms with van der Waals surface area (Å²) in [6.07, 6.45) is 0.782. The lowest BCUT2D eigenvalue weighted by Gasteiger charge is -2.20. The second-order valence-corrected chi connectivity index (χ2v) is 6.39. The molecule has 0 amide bonds. The Bertz CT molecular complexity index is 592. The van der Waals surface area contributed by atoms with E-state index in [-0.39, 0.29) is 24.0 Å². The van der Waals surface area contributed by atoms with Gasteiger partial charge in [0.15, 0.2) is 0 Å². The van der Waals surface area contributed by atoms with Crippen molar-refractivity contribution in [3.63, 3.8) is 0 Å². The summed E-state index contributed by atoms with van der Waals surface area (Å²) >= 11 is 3.46. The quantitative estimate of drug-likeness (QED) is 0.525. The number of aliphatic carboxylic acids is 2. The number of rotatable bonds is 3. The Balaban J connectivity index is 0.000000413. The minimum Gasteiger partial charge on any atom is -0.473 e. The zero-order valence-corrected chi connectivity index (χ0v) is 14.9. The standard InChI is InChI=1S/C14H18BrNO2.C2H2O4/c1-9(2)18-14(17)12-6-7-16-13(12)10-4-3-5-11(15)8-10;3-1(4)2(5)6/h3-5,8-9,12-13,16H,6-7H2,1-2H3;(H,3,4)(H,5,6)/t12-,13?;/m1./s1. The van der Waals surface area contributed by atoms with E-state index in [0.717, 1.165) is 23.0 Å². The number of ether oxygens (including phenoxy) is 1. The van der Waals surface area contributed by atoms with Crippen molar-refractivity contribution in [3.8, 4) is 0 Å². The fraction of sp³-hybridized carbons (Fsp3) is 0.438. The van der Waals surface area contributed by atoms with Gasteiger partial charge in [-0.2, -0.15) is 0 Å². The monoisotopic (exact) mass is 401 g/mol. The lowest BCUT2D eigenvalue weighted by Crippen LogP contribution is -2.27. The molecule has 1 aliphatic heterocycles. The predicted molar refractivity (Wildman–Crippen MR) is 89.5 cm³/mol. The van der Waals surface area contributed by atoms with Crippen molar-refractivity contribution < 1.29 is 29.3 Å². The van der Waals surface area contributed by atoms with Crippen LogP contribution in [0.4, 0.5) is 0 Å². The van der Waals surface area contributed by atoms with Crippen LogP contribution in [0.3, 0.4) is 0 Å². The fourth-order valence-electron chi connectivity index (χ4n) is 2.33. The van der Waals surface area contributed by atoms with E-state index >= 15 is 0 Å². The van der Waals surface area contributed by atoms with Gasteiger partial charge >= 0.3 is 17.9 Å². The van der Waals surface area contributed by atoms with Crippen LogP contribution < -0.4 is 5.32 Å². The normalized spacial score (nSPS) is 19.3. The number of carboxylic acid groups (broad SMARTS) is 2. The SMILES string of the molecule is CC(C)OC(=O)[C@@H]1CCNC1c1cccc(Br)c1.O=C(O)C(=O)O. The van der Waals surface area contributed by atoms with Crippen LogP contribution in [0.15, 0.2) is 28.7 Å². The molecule has 1 saturated heterocycles. The van der Waals surface area contributed by atoms with Gasteiger partial charge in [-0.25, -0.2) is 9.59 Å². The molecular formula is C16H20BrNO6. The number of carbonyl (C=O) groups excluding carboxylic acids is 1. The van der Waals surface area contributed by atoms with Crippen LogP contribution >= 0.6 is 15.9 Å². The number of nitrogens with one attached hydrogen (secondary N) is 1. The Morgan fingerprint density at radius 2 is 1.88 bits per heavy atom. The minimum atomic E-state index is -1.82. The van der Waals surface area contributed by atoms with Crippen LogP contribution in [-0.4, -0.2) is 40.8 Å². The Morgan fingerprint density at radius 1 is 1.25 bits per heavy atom. The summed E-state index contributed by atoms with van der Waals surface area (Å²) in [6.45, 7) is 4.62. The lowest BCUT2D eigenvalue weighted by atomic mass is 9.94. The first-order chi connectivity index (χ1) is 11.2. The molecule has 1 fully saturated rings. The number of hydrogen-bond donors (Lipinski definition) is 3. The first-order valence-corrected chi connectivity index (χ1v) is 8.17. The Morgan fingerprint density at radius 3 is 2.38 bits per heavy atom. The van der Waals surface area contributed by atoms with Crippen molar-refractivity contribution >= 4 is 33.8 Å². The molecule has 8 heteroatoms. The Kier molecular flexibility index (Phi) is 7.87. The van der Waals surface area contributed by atoms with Crippen LogP contribution in [0.25, 0.3) is 0 Å². The van der Waals surface area contributed by atoms with Crippen LogP contribution in [0, 0.1) is 5.92 Å². The van der Waals surface area contributed by atoms with E-state index in [1.165, 1.54) is 0 Å². The van der Waals surface area contributed by atoms with Gasteiger partial charge in [-0.1, -0.05) is 28.1 Å². The average molecular weight is 402 g/mol. The van der Waals surface area contributed by atoms with E-state index in [9.17, 15) is 4.79 Å². The molecule has 1 aliphatic rings. The van der Waals surface area contributed by atoms with Gasteiger partial charge in [-0.05, 0) is 44.5 Å². The first kappa shape index (κ1) is 20.1. The number of carboxylic acids is 2. The molecule has 1 aromatic carbocycles. The highest BCUT2D eigenvalue weighted by molar-refractivity contribution is 9.10. The molecule has 2 atom stereocenters. The van der Waals surface area contributed by atoms with E-state index in [4.69, 9.17) is 24.5 Å². The van der Waals surface area contributed by atoms with Crippen molar-refractivity contribution in [2.24, 2.45) is 5.92 Å². The van der Waals surface area contributed by atoms with E-state index in [1.807, 2.05) is 32.0 Å². The predicted octanol–water partition coefficient (Wildman–Crippen LogP) is 2.21. The van der Waals surface area contributed by atoms with Gasteiger partial charge in [-0.15, -0.1) is 0 Å². The third kappa shape index (κ3) is 6.29. The largest absolute Gasteiger partial charge is 0.473 e. The van der Waals surface area contributed by atoms with Crippen LogP contribution in [0.1, 0.15) is 31.9 Å². The summed E-state index contributed by atoms with van der Waals surface area (Å²) in [4.78, 5) is 30.2. The van der Waals surface area contributed by atoms with Gasteiger partial charge in [0, 0.05) is 10.5 Å². The van der Waals surface area contributed by atoms with Crippen LogP contribution in [0.2, 0.25) is 0 Å². The maximum absolute atomic E-state index is 12.1. The van der Waals surface area contributed by atoms with Gasteiger partial charge < -0.3 is 20.3 Å². The number of benzene rings is 1. The summed E-state index contributed by atoms with van der Waals surface area (Å²) in [7, 11) is 0. The van der Waals surface area contributed by atoms with Crippen molar-refractivity contribution in [3.05, 3.63) is 34.3 Å². The number of halogens is 1. The molecule has 1 heterocycles. The number of carbonyl (C=O) groups is 3. The smallest absolute Gasteiger partial charge is 0.414 e. The molecule has 1 unspecified atom stereocenters. The molecule has 24 heavy (non-hydrogen) atoms. The molecule has 0 bridgehead atoms. The molecular weight excluding hydrogens is 382 g/mol. The maximum Gasteiger partial charge on any atom is 0.414 e. The fourth-order valence-corrected chi connectivity index (χ4v) is 2.74. The third-order valence-electron chi connectivity index (χ3n) is 3.27. The summed E-state index contributed by atoms with van der Waals surface area (Å²) in [6, 6.07) is 8.14. The minimum absolute atomic E-state index is 0.0544. The second kappa shape index (κ2) is 9.39. The van der Waals surface area contributed by atoms with Gasteiger partial charge in [-0.3, -0.25) is 4.79 Å². The topological polar surface area (TPSA) is 113 Å². The zero-order valence-electron chi connectivity index (χ0n) is 13.4. The summed E-state index contributed by atoms with van der Waals surface area (Å²) in [5.41, 5.74) is 1.13. The number of esters is 1. The highest BCUT2D eigenvalue weighted by Crippen LogP contribution is 2.32. The molecule has 132 valence electrons. The third-order valence-corrected chi connectivity index (χ3v) is 3.76. The molecule has 0 saturated carbocycles. The van der Waals surface area contributed by atoms with Crippen molar-refractivity contribution in [2.75, 3.05) is 6.54 Å². The molecule has 7 nitrogen and oxygen atoms in total. The number of hydrogen-bond acceptors (Lipinski definition) is 5. The van der Waals surface area contributed by atoms with Gasteiger partial charge in [0.05, 0.1) is 12.0 Å². The summed E-state index contributed by atoms with van der Waals surface area (Å²) in [5, 5.41) is 18.2. The van der Waals surface area contributed by atoms with E-state index < -0.39 is 11.9 Å². The molecule has 1 aromatic rings. The molecule has 0 radical (unpaired) electrons. The lowest BCUT2D eigenvalue weighted by molar-refractivity contribution is -0.159. The van der Waals surface area contributed by atoms with Gasteiger partial charge in [0.1, 0.15) is 0 Å². The van der Waals surface area contributed by atoms with Gasteiger partial charge in [0.25, 0.3) is 0 Å². The van der Waals surface area contributed by atoms with E-state index in [1.54, 1.807) is 0 Å². The highest BCUT2D eigenvalue weighted by atomic mass is 79.9. The van der Waals surface area contributed by atoms with Crippen molar-refractivity contribution in [1.82, 2.24) is 5.32 Å². The van der Waals surface area contributed by atoms with E-state index in [0.29, 0.717) is 0 Å². The van der Waals surface area contributed by atoms with Crippen molar-refractivity contribution in [1.29, 1.82) is 0 Å². The maximum atomic E-state index is 12.1. The first-order valence-electron chi connectivity index (χ1n) is 7.38. The summed E-state index contributed by atoms with van der Waals surface area (Å²) in [5.74, 6) is -3.83. The molecule has 2 rings (SSSR count). The average Bonchev–Trinajstić information content (AvgIpc) is 2.96. The molecule has 0 aromatic heterocycles. The van der Waals surface area contributed by atoms with Crippen molar-refractivity contribution in [2.45, 2.75) is 32.4 Å². The second-order valence-electron chi connectivity index (χ2n) is 5.48. The highest BCUT2D eigenvalue weighted by Gasteiger charge is 2.35. The molecule has 0 aliphatic carbocycles. The molecule has 0 spiro atoms. The van der Waals surface area contributed by atoms with Crippen LogP contribution in [0.5, 0.6) is 0 Å². The zero-order chi connectivity index (χ0) is 18.3.